The van der Waals surface area contributed by atoms with Crippen molar-refractivity contribution in [2.24, 2.45) is 23.7 Å². The molecule has 5 unspecified atom stereocenters. The van der Waals surface area contributed by atoms with Gasteiger partial charge in [-0.15, -0.1) is 0 Å². The molecule has 2 aliphatic carbocycles. The molecule has 19 heavy (non-hydrogen) atoms. The third-order valence-corrected chi connectivity index (χ3v) is 5.10. The molecule has 1 aromatic carbocycles. The molecule has 0 amide bonds. The van der Waals surface area contributed by atoms with E-state index in [0.717, 1.165) is 19.3 Å². The number of carboxylic acids is 1. The molecule has 2 aliphatic rings. The minimum atomic E-state index is -0.574. The molecule has 0 aromatic heterocycles. The van der Waals surface area contributed by atoms with E-state index in [1.165, 1.54) is 12.0 Å². The topological polar surface area (TPSA) is 37.3 Å². The molecule has 0 saturated heterocycles. The van der Waals surface area contributed by atoms with Crippen LogP contribution in [-0.4, -0.2) is 11.1 Å². The maximum absolute atomic E-state index is 11.4. The van der Waals surface area contributed by atoms with Gasteiger partial charge in [0, 0.05) is 0 Å². The van der Waals surface area contributed by atoms with Crippen molar-refractivity contribution in [3.8, 4) is 0 Å². The molecular weight excluding hydrogens is 236 g/mol. The lowest BCUT2D eigenvalue weighted by Crippen LogP contribution is -2.31. The van der Waals surface area contributed by atoms with Crippen molar-refractivity contribution >= 4 is 5.97 Å². The molecule has 102 valence electrons. The molecule has 1 N–H and O–H groups in total. The Morgan fingerprint density at radius 3 is 2.53 bits per heavy atom. The second kappa shape index (κ2) is 4.99. The normalized spacial score (nSPS) is 37.8. The van der Waals surface area contributed by atoms with Gasteiger partial charge in [-0.3, -0.25) is 4.79 Å². The van der Waals surface area contributed by atoms with E-state index in [9.17, 15) is 9.90 Å². The van der Waals surface area contributed by atoms with E-state index in [1.807, 2.05) is 6.07 Å². The van der Waals surface area contributed by atoms with Crippen molar-refractivity contribution < 1.29 is 9.90 Å². The van der Waals surface area contributed by atoms with Gasteiger partial charge in [-0.05, 0) is 54.9 Å². The van der Waals surface area contributed by atoms with Gasteiger partial charge in [-0.1, -0.05) is 37.3 Å². The molecular formula is C17H22O2. The number of hydrogen-bond donors (Lipinski definition) is 1. The summed E-state index contributed by atoms with van der Waals surface area (Å²) in [5.41, 5.74) is 1.40. The van der Waals surface area contributed by atoms with Crippen LogP contribution in [0.1, 0.15) is 44.1 Å². The summed E-state index contributed by atoms with van der Waals surface area (Å²) in [7, 11) is 0. The van der Waals surface area contributed by atoms with Crippen molar-refractivity contribution in [1.29, 1.82) is 0 Å². The fourth-order valence-electron chi connectivity index (χ4n) is 3.98. The van der Waals surface area contributed by atoms with Crippen LogP contribution in [0.5, 0.6) is 0 Å². The highest BCUT2D eigenvalue weighted by molar-refractivity contribution is 5.70. The van der Waals surface area contributed by atoms with Gasteiger partial charge in [-0.25, -0.2) is 0 Å². The number of hydrogen-bond acceptors (Lipinski definition) is 1. The zero-order valence-corrected chi connectivity index (χ0v) is 11.5. The maximum atomic E-state index is 11.4. The van der Waals surface area contributed by atoms with Crippen LogP contribution in [0, 0.1) is 23.7 Å². The van der Waals surface area contributed by atoms with Gasteiger partial charge >= 0.3 is 5.97 Å². The Kier molecular flexibility index (Phi) is 3.34. The van der Waals surface area contributed by atoms with Crippen molar-refractivity contribution in [2.45, 2.75) is 38.5 Å². The zero-order valence-electron chi connectivity index (χ0n) is 11.5. The summed E-state index contributed by atoms with van der Waals surface area (Å²) in [6.07, 6.45) is 4.24. The zero-order chi connectivity index (χ0) is 13.4. The molecule has 2 saturated carbocycles. The Labute approximate surface area is 114 Å². The quantitative estimate of drug-likeness (QED) is 0.892. The lowest BCUT2D eigenvalue weighted by atomic mass is 9.72. The van der Waals surface area contributed by atoms with Crippen LogP contribution in [0.3, 0.4) is 0 Å². The molecule has 0 aliphatic heterocycles. The highest BCUT2D eigenvalue weighted by atomic mass is 16.4. The minimum Gasteiger partial charge on any atom is -0.481 e. The van der Waals surface area contributed by atoms with Crippen LogP contribution in [-0.2, 0) is 4.79 Å². The fraction of sp³-hybridized carbons (Fsp3) is 0.588. The molecule has 0 heterocycles. The average molecular weight is 258 g/mol. The molecule has 2 fully saturated rings. The number of carbonyl (C=O) groups is 1. The largest absolute Gasteiger partial charge is 0.481 e. The van der Waals surface area contributed by atoms with Crippen LogP contribution in [0.4, 0.5) is 0 Å². The number of aliphatic carboxylic acids is 1. The van der Waals surface area contributed by atoms with Gasteiger partial charge in [0.05, 0.1) is 5.92 Å². The Hall–Kier alpha value is -1.31. The predicted octanol–water partition coefficient (Wildman–Crippen LogP) is 3.93. The summed E-state index contributed by atoms with van der Waals surface area (Å²) >= 11 is 0. The molecule has 2 heteroatoms. The Morgan fingerprint density at radius 2 is 1.84 bits per heavy atom. The summed E-state index contributed by atoms with van der Waals surface area (Å²) in [5, 5.41) is 9.43. The van der Waals surface area contributed by atoms with Crippen LogP contribution in [0.25, 0.3) is 0 Å². The summed E-state index contributed by atoms with van der Waals surface area (Å²) < 4.78 is 0. The van der Waals surface area contributed by atoms with Crippen LogP contribution in [0.2, 0.25) is 0 Å². The van der Waals surface area contributed by atoms with E-state index in [0.29, 0.717) is 23.7 Å². The van der Waals surface area contributed by atoms with E-state index in [1.54, 1.807) is 0 Å². The summed E-state index contributed by atoms with van der Waals surface area (Å²) in [6.45, 7) is 2.27. The van der Waals surface area contributed by atoms with Crippen molar-refractivity contribution in [3.05, 3.63) is 35.9 Å². The van der Waals surface area contributed by atoms with Gasteiger partial charge in [0.25, 0.3) is 0 Å². The number of carboxylic acid groups (broad SMARTS) is 1. The third-order valence-electron chi connectivity index (χ3n) is 5.10. The SMILES string of the molecule is CC1CCC(C(=O)O)C(C2CC2c2ccccc2)C1. The Bertz CT molecular complexity index is 454. The standard InChI is InChI=1S/C17H22O2/c1-11-7-8-13(17(18)19)15(9-11)16-10-14(16)12-5-3-2-4-6-12/h2-6,11,13-16H,7-10H2,1H3,(H,18,19). The highest BCUT2D eigenvalue weighted by Gasteiger charge is 2.49. The smallest absolute Gasteiger partial charge is 0.306 e. The molecule has 0 radical (unpaired) electrons. The highest BCUT2D eigenvalue weighted by Crippen LogP contribution is 2.57. The molecule has 5 atom stereocenters. The van der Waals surface area contributed by atoms with Crippen molar-refractivity contribution in [2.75, 3.05) is 0 Å². The maximum Gasteiger partial charge on any atom is 0.306 e. The molecule has 0 spiro atoms. The lowest BCUT2D eigenvalue weighted by Gasteiger charge is -2.33. The van der Waals surface area contributed by atoms with E-state index in [-0.39, 0.29) is 5.92 Å². The van der Waals surface area contributed by atoms with Gasteiger partial charge in [0.1, 0.15) is 0 Å². The first kappa shape index (κ1) is 12.7. The second-order valence-electron chi connectivity index (χ2n) is 6.44. The Morgan fingerprint density at radius 1 is 1.11 bits per heavy atom. The minimum absolute atomic E-state index is 0.102. The van der Waals surface area contributed by atoms with E-state index in [2.05, 4.69) is 31.2 Å². The summed E-state index contributed by atoms with van der Waals surface area (Å²) in [5.74, 6) is 1.62. The Balaban J connectivity index is 1.73. The van der Waals surface area contributed by atoms with E-state index < -0.39 is 5.97 Å². The molecule has 1 aromatic rings. The molecule has 2 nitrogen and oxygen atoms in total. The molecule has 0 bridgehead atoms. The van der Waals surface area contributed by atoms with Gasteiger partial charge in [0.2, 0.25) is 0 Å². The van der Waals surface area contributed by atoms with Crippen molar-refractivity contribution in [3.63, 3.8) is 0 Å². The average Bonchev–Trinajstić information content (AvgIpc) is 3.19. The third kappa shape index (κ3) is 2.54. The molecule has 3 rings (SSSR count). The van der Waals surface area contributed by atoms with E-state index in [4.69, 9.17) is 0 Å². The van der Waals surface area contributed by atoms with Gasteiger partial charge < -0.3 is 5.11 Å². The summed E-state index contributed by atoms with van der Waals surface area (Å²) in [6, 6.07) is 10.6. The monoisotopic (exact) mass is 258 g/mol. The van der Waals surface area contributed by atoms with Crippen LogP contribution in [0.15, 0.2) is 30.3 Å². The van der Waals surface area contributed by atoms with Crippen LogP contribution >= 0.6 is 0 Å². The van der Waals surface area contributed by atoms with Crippen molar-refractivity contribution in [1.82, 2.24) is 0 Å². The van der Waals surface area contributed by atoms with E-state index >= 15 is 0 Å². The van der Waals surface area contributed by atoms with Gasteiger partial charge in [-0.2, -0.15) is 0 Å². The second-order valence-corrected chi connectivity index (χ2v) is 6.44. The first-order valence-corrected chi connectivity index (χ1v) is 7.44. The first-order valence-electron chi connectivity index (χ1n) is 7.44. The van der Waals surface area contributed by atoms with Gasteiger partial charge in [0.15, 0.2) is 0 Å². The number of benzene rings is 1. The summed E-state index contributed by atoms with van der Waals surface area (Å²) in [4.78, 5) is 11.4. The predicted molar refractivity (Wildman–Crippen MR) is 74.9 cm³/mol. The number of rotatable bonds is 3. The van der Waals surface area contributed by atoms with Crippen LogP contribution < -0.4 is 0 Å². The lowest BCUT2D eigenvalue weighted by molar-refractivity contribution is -0.145. The first-order chi connectivity index (χ1) is 9.16. The fourth-order valence-corrected chi connectivity index (χ4v) is 3.98.